The molecule has 45 heavy (non-hydrogen) atoms. The van der Waals surface area contributed by atoms with Gasteiger partial charge >= 0.3 is 6.09 Å². The third kappa shape index (κ3) is 9.01. The normalized spacial score (nSPS) is 11.6. The monoisotopic (exact) mass is 627 g/mol. The first-order valence-electron chi connectivity index (χ1n) is 13.6. The van der Waals surface area contributed by atoms with Crippen molar-refractivity contribution in [3.05, 3.63) is 107 Å². The molecule has 228 valence electrons. The molecule has 0 aliphatic carbocycles. The van der Waals surface area contributed by atoms with Crippen LogP contribution in [0, 0.1) is 0 Å². The molecule has 5 aromatic rings. The van der Waals surface area contributed by atoms with Crippen molar-refractivity contribution in [2.24, 2.45) is 0 Å². The molecule has 0 fully saturated rings. The average molecular weight is 628 g/mol. The van der Waals surface area contributed by atoms with Crippen molar-refractivity contribution in [3.8, 4) is 5.69 Å². The van der Waals surface area contributed by atoms with Crippen LogP contribution in [-0.2, 0) is 27.2 Å². The number of nitrogens with one attached hydrogen (secondary N) is 4. The number of amides is 3. The largest absolute Gasteiger partial charge is 0.449 e. The molecule has 2 aromatic heterocycles. The molecule has 3 aromatic carbocycles. The van der Waals surface area contributed by atoms with E-state index in [0.717, 1.165) is 5.56 Å². The van der Waals surface area contributed by atoms with Gasteiger partial charge in [0, 0.05) is 40.9 Å². The first kappa shape index (κ1) is 30.5. The molecular formula is C29H26ClN11O4. The van der Waals surface area contributed by atoms with Gasteiger partial charge in [-0.1, -0.05) is 41.9 Å². The number of carbonyl (C=O) groups is 3. The number of anilines is 2. The number of hydrogen-bond donors (Lipinski definition) is 4. The summed E-state index contributed by atoms with van der Waals surface area (Å²) in [6, 6.07) is 20.0. The third-order valence-electron chi connectivity index (χ3n) is 6.28. The zero-order valence-electron chi connectivity index (χ0n) is 23.5. The number of benzene rings is 3. The summed E-state index contributed by atoms with van der Waals surface area (Å²) in [6.07, 6.45) is 4.24. The van der Waals surface area contributed by atoms with Crippen LogP contribution in [0.1, 0.15) is 17.0 Å². The number of halogens is 1. The summed E-state index contributed by atoms with van der Waals surface area (Å²) in [5.74, 6) is -0.428. The number of rotatable bonds is 12. The molecule has 0 aliphatic heterocycles. The van der Waals surface area contributed by atoms with Gasteiger partial charge in [0.2, 0.25) is 11.8 Å². The molecular weight excluding hydrogens is 602 g/mol. The lowest BCUT2D eigenvalue weighted by Gasteiger charge is -2.18. The molecule has 5 rings (SSSR count). The number of hydrogen-bond acceptors (Lipinski definition) is 10. The lowest BCUT2D eigenvalue weighted by molar-refractivity contribution is -0.123. The van der Waals surface area contributed by atoms with E-state index < -0.39 is 23.9 Å². The lowest BCUT2D eigenvalue weighted by atomic mass is 10.0. The van der Waals surface area contributed by atoms with Gasteiger partial charge in [-0.15, -0.1) is 10.2 Å². The molecule has 1 atom stereocenters. The topological polar surface area (TPSA) is 195 Å². The van der Waals surface area contributed by atoms with Gasteiger partial charge in [-0.25, -0.2) is 9.89 Å². The van der Waals surface area contributed by atoms with Crippen molar-refractivity contribution in [3.63, 3.8) is 0 Å². The summed E-state index contributed by atoms with van der Waals surface area (Å²) < 4.78 is 6.57. The molecule has 0 saturated carbocycles. The van der Waals surface area contributed by atoms with Gasteiger partial charge in [-0.3, -0.25) is 14.9 Å². The van der Waals surface area contributed by atoms with Gasteiger partial charge in [0.15, 0.2) is 5.82 Å². The molecule has 1 unspecified atom stereocenters. The molecule has 2 heterocycles. The van der Waals surface area contributed by atoms with Crippen LogP contribution in [0.4, 0.5) is 16.2 Å². The first-order valence-corrected chi connectivity index (χ1v) is 13.9. The van der Waals surface area contributed by atoms with Crippen molar-refractivity contribution in [2.75, 3.05) is 17.2 Å². The van der Waals surface area contributed by atoms with Gasteiger partial charge in [0.25, 0.3) is 0 Å². The molecule has 0 bridgehead atoms. The molecule has 16 heteroatoms. The van der Waals surface area contributed by atoms with Crippen molar-refractivity contribution >= 4 is 47.0 Å². The Bertz CT molecular complexity index is 1750. The van der Waals surface area contributed by atoms with Gasteiger partial charge < -0.3 is 15.4 Å². The molecule has 0 aliphatic rings. The van der Waals surface area contributed by atoms with E-state index in [1.54, 1.807) is 48.5 Å². The van der Waals surface area contributed by atoms with Crippen LogP contribution in [0.15, 0.2) is 85.2 Å². The number of H-pyrrole nitrogens is 1. The fourth-order valence-corrected chi connectivity index (χ4v) is 4.31. The van der Waals surface area contributed by atoms with Crippen LogP contribution in [-0.4, -0.2) is 71.4 Å². The van der Waals surface area contributed by atoms with E-state index in [9.17, 15) is 14.4 Å². The Kier molecular flexibility index (Phi) is 10.1. The van der Waals surface area contributed by atoms with E-state index in [4.69, 9.17) is 16.3 Å². The second-order valence-electron chi connectivity index (χ2n) is 9.47. The molecule has 0 radical (unpaired) electrons. The Balaban J connectivity index is 1.21. The number of aromatic nitrogens is 8. The Hall–Kier alpha value is -5.96. The summed E-state index contributed by atoms with van der Waals surface area (Å²) >= 11 is 6.18. The summed E-state index contributed by atoms with van der Waals surface area (Å²) in [5.41, 5.74) is 2.99. The number of aromatic amines is 1. The van der Waals surface area contributed by atoms with Crippen molar-refractivity contribution < 1.29 is 19.1 Å². The predicted molar refractivity (Wildman–Crippen MR) is 163 cm³/mol. The maximum atomic E-state index is 13.4. The van der Waals surface area contributed by atoms with E-state index in [-0.39, 0.29) is 13.0 Å². The first-order chi connectivity index (χ1) is 21.9. The smallest absolute Gasteiger partial charge is 0.411 e. The summed E-state index contributed by atoms with van der Waals surface area (Å²) in [5, 5.41) is 33.1. The fraction of sp³-hybridized carbons (Fsp3) is 0.138. The van der Waals surface area contributed by atoms with Crippen LogP contribution < -0.4 is 16.0 Å². The molecule has 4 N–H and O–H groups in total. The third-order valence-corrected chi connectivity index (χ3v) is 6.51. The van der Waals surface area contributed by atoms with Crippen molar-refractivity contribution in [1.82, 2.24) is 46.1 Å². The maximum Gasteiger partial charge on any atom is 0.411 e. The standard InChI is InChI=1S/C29H26ClN11O4/c30-21-7-12-25(41-18-31-37-40-41)20(17-21)6-13-27(42)34-24(16-19-4-2-1-3-5-19)28(43)32-22-8-10-23(11-9-22)33-29(44)45-15-14-26-35-38-39-36-26/h1-13,17-18,24H,14-16H2,(H,32,43)(H,33,44)(H,34,42)(H,35,36,38,39). The van der Waals surface area contributed by atoms with Crippen molar-refractivity contribution in [1.29, 1.82) is 0 Å². The Labute approximate surface area is 261 Å². The highest BCUT2D eigenvalue weighted by molar-refractivity contribution is 6.30. The number of carbonyl (C=O) groups excluding carboxylic acids is 3. The lowest BCUT2D eigenvalue weighted by Crippen LogP contribution is -2.44. The average Bonchev–Trinajstić information content (AvgIpc) is 3.77. The Morgan fingerprint density at radius 3 is 2.47 bits per heavy atom. The highest BCUT2D eigenvalue weighted by atomic mass is 35.5. The highest BCUT2D eigenvalue weighted by Crippen LogP contribution is 2.20. The quantitative estimate of drug-likeness (QED) is 0.149. The van der Waals surface area contributed by atoms with Crippen LogP contribution in [0.2, 0.25) is 5.02 Å². The van der Waals surface area contributed by atoms with Gasteiger partial charge in [0.1, 0.15) is 19.0 Å². The van der Waals surface area contributed by atoms with Crippen LogP contribution >= 0.6 is 11.6 Å². The minimum atomic E-state index is -0.907. The number of ether oxygens (including phenoxy) is 1. The van der Waals surface area contributed by atoms with E-state index >= 15 is 0 Å². The summed E-state index contributed by atoms with van der Waals surface area (Å²) in [7, 11) is 0. The summed E-state index contributed by atoms with van der Waals surface area (Å²) in [4.78, 5) is 38.5. The molecule has 0 spiro atoms. The Morgan fingerprint density at radius 1 is 0.978 bits per heavy atom. The molecule has 3 amide bonds. The van der Waals surface area contributed by atoms with E-state index in [1.807, 2.05) is 30.3 Å². The highest BCUT2D eigenvalue weighted by Gasteiger charge is 2.21. The minimum absolute atomic E-state index is 0.0834. The van der Waals surface area contributed by atoms with Gasteiger partial charge in [0.05, 0.1) is 5.69 Å². The minimum Gasteiger partial charge on any atom is -0.449 e. The van der Waals surface area contributed by atoms with Crippen LogP contribution in [0.3, 0.4) is 0 Å². The van der Waals surface area contributed by atoms with Crippen LogP contribution in [0.25, 0.3) is 11.8 Å². The SMILES string of the molecule is O=C(C=Cc1cc(Cl)ccc1-n1cnnn1)NC(Cc1ccccc1)C(=O)Nc1ccc(NC(=O)OCCc2nnn[nH]2)cc1. The van der Waals surface area contributed by atoms with E-state index in [0.29, 0.717) is 39.9 Å². The molecule has 15 nitrogen and oxygen atoms in total. The van der Waals surface area contributed by atoms with Crippen LogP contribution in [0.5, 0.6) is 0 Å². The summed E-state index contributed by atoms with van der Waals surface area (Å²) in [6.45, 7) is 0.0834. The second kappa shape index (κ2) is 15.0. The predicted octanol–water partition coefficient (Wildman–Crippen LogP) is 3.00. The number of tetrazole rings is 2. The van der Waals surface area contributed by atoms with E-state index in [1.165, 1.54) is 17.1 Å². The maximum absolute atomic E-state index is 13.4. The van der Waals surface area contributed by atoms with Gasteiger partial charge in [-0.2, -0.15) is 4.68 Å². The number of nitrogens with zero attached hydrogens (tertiary/aromatic N) is 7. The Morgan fingerprint density at radius 2 is 1.76 bits per heavy atom. The van der Waals surface area contributed by atoms with Crippen molar-refractivity contribution in [2.45, 2.75) is 18.9 Å². The van der Waals surface area contributed by atoms with E-state index in [2.05, 4.69) is 52.1 Å². The second-order valence-corrected chi connectivity index (χ2v) is 9.90. The zero-order chi connectivity index (χ0) is 31.4. The van der Waals surface area contributed by atoms with Gasteiger partial charge in [-0.05, 0) is 75.0 Å². The fourth-order valence-electron chi connectivity index (χ4n) is 4.13. The zero-order valence-corrected chi connectivity index (χ0v) is 24.3. The molecule has 0 saturated heterocycles.